The van der Waals surface area contributed by atoms with Crippen LogP contribution in [0.2, 0.25) is 0 Å². The van der Waals surface area contributed by atoms with Gasteiger partial charge in [-0.05, 0) is 122 Å². The van der Waals surface area contributed by atoms with Crippen molar-refractivity contribution < 1.29 is 28.6 Å². The minimum absolute atomic E-state index is 0.115. The van der Waals surface area contributed by atoms with Crippen molar-refractivity contribution in [1.82, 2.24) is 0 Å². The van der Waals surface area contributed by atoms with Crippen LogP contribution >= 0.6 is 0 Å². The minimum atomic E-state index is -0.819. The Balaban J connectivity index is 4.54. The second-order valence-corrected chi connectivity index (χ2v) is 19.5. The third-order valence-corrected chi connectivity index (χ3v) is 12.5. The molecule has 1 atom stereocenters. The normalized spacial score (nSPS) is 12.9. The van der Waals surface area contributed by atoms with Crippen LogP contribution < -0.4 is 0 Å². The highest BCUT2D eigenvalue weighted by molar-refractivity contribution is 5.71. The molecule has 1 unspecified atom stereocenters. The van der Waals surface area contributed by atoms with E-state index >= 15 is 0 Å². The zero-order chi connectivity index (χ0) is 52.2. The molecule has 0 saturated carbocycles. The van der Waals surface area contributed by atoms with E-state index < -0.39 is 6.10 Å². The van der Waals surface area contributed by atoms with Gasteiger partial charge in [0.25, 0.3) is 0 Å². The lowest BCUT2D eigenvalue weighted by Crippen LogP contribution is -2.30. The first-order chi connectivity index (χ1) is 35.5. The molecule has 0 rings (SSSR count). The van der Waals surface area contributed by atoms with Crippen LogP contribution in [0.1, 0.15) is 271 Å². The topological polar surface area (TPSA) is 78.9 Å². The van der Waals surface area contributed by atoms with Crippen molar-refractivity contribution in [3.05, 3.63) is 109 Å². The molecule has 0 aromatic heterocycles. The van der Waals surface area contributed by atoms with Crippen molar-refractivity contribution in [3.8, 4) is 0 Å². The SMILES string of the molecule is CC/C=C\C/C=C\C/C=C\C/C=C\C/C=C\CCCCCC(=O)OCC(COC(=O)CCC/C=C\C/C=C\C/C=C\CCCCCCCC)OC(=O)CCCCCCC/C=C\CCCCCCCCCCC. The van der Waals surface area contributed by atoms with E-state index in [9.17, 15) is 14.4 Å². The van der Waals surface area contributed by atoms with E-state index in [4.69, 9.17) is 14.2 Å². The van der Waals surface area contributed by atoms with Gasteiger partial charge >= 0.3 is 17.9 Å². The third kappa shape index (κ3) is 57.0. The summed E-state index contributed by atoms with van der Waals surface area (Å²) in [5, 5.41) is 0. The third-order valence-electron chi connectivity index (χ3n) is 12.5. The predicted octanol–water partition coefficient (Wildman–Crippen LogP) is 20.3. The number of carbonyl (C=O) groups is 3. The van der Waals surface area contributed by atoms with Gasteiger partial charge in [0.15, 0.2) is 6.10 Å². The zero-order valence-corrected chi connectivity index (χ0v) is 46.9. The summed E-state index contributed by atoms with van der Waals surface area (Å²) in [5.41, 5.74) is 0. The molecule has 0 aliphatic rings. The molecule has 0 aliphatic carbocycles. The lowest BCUT2D eigenvalue weighted by atomic mass is 10.1. The summed E-state index contributed by atoms with van der Waals surface area (Å²) >= 11 is 0. The highest BCUT2D eigenvalue weighted by Crippen LogP contribution is 2.14. The molecule has 0 spiro atoms. The zero-order valence-electron chi connectivity index (χ0n) is 46.9. The summed E-state index contributed by atoms with van der Waals surface area (Å²) in [5.74, 6) is -1.00. The van der Waals surface area contributed by atoms with E-state index in [2.05, 4.69) is 130 Å². The van der Waals surface area contributed by atoms with E-state index in [-0.39, 0.29) is 37.5 Å². The molecule has 0 radical (unpaired) electrons. The molecule has 0 aliphatic heterocycles. The molecule has 0 N–H and O–H groups in total. The van der Waals surface area contributed by atoms with Crippen molar-refractivity contribution in [3.63, 3.8) is 0 Å². The number of hydrogen-bond donors (Lipinski definition) is 0. The number of unbranched alkanes of at least 4 members (excludes halogenated alkanes) is 24. The molecule has 6 heteroatoms. The fourth-order valence-corrected chi connectivity index (χ4v) is 8.01. The van der Waals surface area contributed by atoms with Gasteiger partial charge in [-0.2, -0.15) is 0 Å². The molecule has 0 fully saturated rings. The number of carbonyl (C=O) groups excluding carboxylic acids is 3. The quantitative estimate of drug-likeness (QED) is 0.0261. The van der Waals surface area contributed by atoms with E-state index in [1.54, 1.807) is 0 Å². The van der Waals surface area contributed by atoms with E-state index in [0.717, 1.165) is 109 Å². The number of hydrogen-bond acceptors (Lipinski definition) is 6. The Hall–Kier alpha value is -3.93. The number of rotatable bonds is 53. The van der Waals surface area contributed by atoms with Crippen LogP contribution in [-0.2, 0) is 28.6 Å². The van der Waals surface area contributed by atoms with Crippen LogP contribution in [0.25, 0.3) is 0 Å². The van der Waals surface area contributed by atoms with Crippen LogP contribution in [-0.4, -0.2) is 37.2 Å². The van der Waals surface area contributed by atoms with E-state index in [1.165, 1.54) is 116 Å². The molecule has 0 aromatic rings. The highest BCUT2D eigenvalue weighted by atomic mass is 16.6. The average Bonchev–Trinajstić information content (AvgIpc) is 3.38. The summed E-state index contributed by atoms with van der Waals surface area (Å²) < 4.78 is 16.8. The molecule has 0 aromatic carbocycles. The van der Waals surface area contributed by atoms with Crippen LogP contribution in [0.4, 0.5) is 0 Å². The standard InChI is InChI=1S/C66H110O6/c1-4-7-10-13-16-19-22-25-28-31-33-36-38-41-44-47-50-53-56-59-65(68)71-62-63(61-70-64(67)58-55-52-49-46-43-40-37-34-30-27-24-21-18-15-12-9-6-3)72-66(69)60-57-54-51-48-45-42-39-35-32-29-26-23-20-17-14-11-8-5-2/h7,10,16,19,25,27-28,30,33,35-37,39-41,44,46,49,63H,4-6,8-9,11-15,17-18,20-24,26,29,31-32,34,38,42-43,45,47-48,50-62H2,1-3H3/b10-7-,19-16-,28-25-,30-27-,36-33-,39-35-,40-37-,44-41-,49-46-. The van der Waals surface area contributed by atoms with Crippen molar-refractivity contribution >= 4 is 17.9 Å². The molecule has 72 heavy (non-hydrogen) atoms. The van der Waals surface area contributed by atoms with Gasteiger partial charge in [0.05, 0.1) is 0 Å². The summed E-state index contributed by atoms with van der Waals surface area (Å²) in [7, 11) is 0. The smallest absolute Gasteiger partial charge is 0.306 e. The van der Waals surface area contributed by atoms with E-state index in [1.807, 2.05) is 0 Å². The molecule has 0 bridgehead atoms. The maximum Gasteiger partial charge on any atom is 0.306 e. The lowest BCUT2D eigenvalue weighted by molar-refractivity contribution is -0.167. The lowest BCUT2D eigenvalue weighted by Gasteiger charge is -2.18. The Bertz CT molecular complexity index is 1470. The molecular weight excluding hydrogens is 889 g/mol. The van der Waals surface area contributed by atoms with Crippen molar-refractivity contribution in [2.45, 2.75) is 277 Å². The van der Waals surface area contributed by atoms with Gasteiger partial charge in [-0.25, -0.2) is 0 Å². The van der Waals surface area contributed by atoms with Crippen LogP contribution in [0.5, 0.6) is 0 Å². The first-order valence-corrected chi connectivity index (χ1v) is 29.9. The van der Waals surface area contributed by atoms with Gasteiger partial charge in [0.2, 0.25) is 0 Å². The first kappa shape index (κ1) is 68.1. The predicted molar refractivity (Wildman–Crippen MR) is 311 cm³/mol. The van der Waals surface area contributed by atoms with Crippen molar-refractivity contribution in [1.29, 1.82) is 0 Å². The number of ether oxygens (including phenoxy) is 3. The minimum Gasteiger partial charge on any atom is -0.462 e. The number of allylic oxidation sites excluding steroid dienone is 18. The summed E-state index contributed by atoms with van der Waals surface area (Å²) in [4.78, 5) is 38.2. The maximum atomic E-state index is 12.9. The summed E-state index contributed by atoms with van der Waals surface area (Å²) in [6.45, 7) is 6.45. The fourth-order valence-electron chi connectivity index (χ4n) is 8.01. The van der Waals surface area contributed by atoms with Gasteiger partial charge in [0.1, 0.15) is 13.2 Å². The van der Waals surface area contributed by atoms with Gasteiger partial charge in [-0.1, -0.05) is 239 Å². The Morgan fingerprint density at radius 2 is 0.556 bits per heavy atom. The summed E-state index contributed by atoms with van der Waals surface area (Å²) in [6.07, 6.45) is 80.9. The van der Waals surface area contributed by atoms with Crippen LogP contribution in [0.15, 0.2) is 109 Å². The number of esters is 3. The van der Waals surface area contributed by atoms with Gasteiger partial charge in [-0.3, -0.25) is 14.4 Å². The van der Waals surface area contributed by atoms with Gasteiger partial charge < -0.3 is 14.2 Å². The van der Waals surface area contributed by atoms with Crippen LogP contribution in [0.3, 0.4) is 0 Å². The molecular formula is C66H110O6. The van der Waals surface area contributed by atoms with Gasteiger partial charge in [-0.15, -0.1) is 0 Å². The van der Waals surface area contributed by atoms with Gasteiger partial charge in [0, 0.05) is 19.3 Å². The first-order valence-electron chi connectivity index (χ1n) is 29.9. The van der Waals surface area contributed by atoms with Crippen LogP contribution in [0, 0.1) is 0 Å². The second-order valence-electron chi connectivity index (χ2n) is 19.5. The monoisotopic (exact) mass is 999 g/mol. The fraction of sp³-hybridized carbons (Fsp3) is 0.682. The highest BCUT2D eigenvalue weighted by Gasteiger charge is 2.19. The van der Waals surface area contributed by atoms with E-state index in [0.29, 0.717) is 19.3 Å². The molecule has 0 saturated heterocycles. The Kier molecular flexibility index (Phi) is 56.4. The Morgan fingerprint density at radius 3 is 0.931 bits per heavy atom. The largest absolute Gasteiger partial charge is 0.462 e. The van der Waals surface area contributed by atoms with Crippen molar-refractivity contribution in [2.75, 3.05) is 13.2 Å². The molecule has 0 heterocycles. The summed E-state index contributed by atoms with van der Waals surface area (Å²) in [6, 6.07) is 0. The molecule has 410 valence electrons. The van der Waals surface area contributed by atoms with Crippen molar-refractivity contribution in [2.24, 2.45) is 0 Å². The second kappa shape index (κ2) is 59.6. The molecule has 6 nitrogen and oxygen atoms in total. The maximum absolute atomic E-state index is 12.9. The molecule has 0 amide bonds. The Labute approximate surface area is 444 Å². The Morgan fingerprint density at radius 1 is 0.292 bits per heavy atom. The average molecular weight is 1000 g/mol.